The second-order valence-corrected chi connectivity index (χ2v) is 5.75. The maximum absolute atomic E-state index is 9.97. The van der Waals surface area contributed by atoms with E-state index in [-0.39, 0.29) is 6.17 Å². The number of hydrogen-bond acceptors (Lipinski definition) is 3. The summed E-state index contributed by atoms with van der Waals surface area (Å²) < 4.78 is 0. The smallest absolute Gasteiger partial charge is 0.120 e. The van der Waals surface area contributed by atoms with Gasteiger partial charge in [0.25, 0.3) is 0 Å². The van der Waals surface area contributed by atoms with Gasteiger partial charge in [-0.05, 0) is 24.1 Å². The van der Waals surface area contributed by atoms with Gasteiger partial charge < -0.3 is 5.11 Å². The van der Waals surface area contributed by atoms with Crippen LogP contribution in [0.15, 0.2) is 60.2 Å². The predicted molar refractivity (Wildman–Crippen MR) is 90.4 cm³/mol. The molecule has 0 radical (unpaired) electrons. The molecule has 114 valence electrons. The van der Waals surface area contributed by atoms with E-state index in [9.17, 15) is 5.11 Å². The highest BCUT2D eigenvalue weighted by Crippen LogP contribution is 2.22. The van der Waals surface area contributed by atoms with Crippen LogP contribution in [0.25, 0.3) is 6.08 Å². The van der Waals surface area contributed by atoms with E-state index in [1.165, 1.54) is 11.1 Å². The lowest BCUT2D eigenvalue weighted by atomic mass is 10.1. The van der Waals surface area contributed by atoms with Gasteiger partial charge in [0.05, 0.1) is 6.17 Å². The number of para-hydroxylation sites is 1. The second-order valence-electron chi connectivity index (χ2n) is 5.75. The van der Waals surface area contributed by atoms with Crippen LogP contribution in [-0.2, 0) is 6.54 Å². The molecule has 2 N–H and O–H groups in total. The van der Waals surface area contributed by atoms with Crippen LogP contribution in [0, 0.1) is 0 Å². The summed E-state index contributed by atoms with van der Waals surface area (Å²) in [5.41, 5.74) is 3.49. The Bertz CT molecular complexity index is 651. The summed E-state index contributed by atoms with van der Waals surface area (Å²) in [7, 11) is 0. The fourth-order valence-electron chi connectivity index (χ4n) is 2.98. The second kappa shape index (κ2) is 6.77. The highest BCUT2D eigenvalue weighted by molar-refractivity contribution is 5.53. The van der Waals surface area contributed by atoms with Gasteiger partial charge >= 0.3 is 0 Å². The quantitative estimate of drug-likeness (QED) is 0.909. The van der Waals surface area contributed by atoms with Gasteiger partial charge in [0.2, 0.25) is 0 Å². The molecule has 22 heavy (non-hydrogen) atoms. The van der Waals surface area contributed by atoms with Crippen LogP contribution in [0.2, 0.25) is 0 Å². The summed E-state index contributed by atoms with van der Waals surface area (Å²) in [4.78, 5) is 2.36. The Kier molecular flexibility index (Phi) is 4.56. The van der Waals surface area contributed by atoms with Crippen molar-refractivity contribution in [2.45, 2.75) is 19.6 Å². The molecular formula is C19H22N2O. The van der Waals surface area contributed by atoms with Crippen LogP contribution in [0.4, 0.5) is 0 Å². The number of phenolic OH excluding ortho intramolecular Hbond substituents is 1. The third kappa shape index (κ3) is 3.38. The molecule has 0 aliphatic carbocycles. The summed E-state index contributed by atoms with van der Waals surface area (Å²) in [5, 5.41) is 13.5. The Morgan fingerprint density at radius 1 is 1.18 bits per heavy atom. The third-order valence-electron chi connectivity index (χ3n) is 4.09. The molecule has 1 aliphatic heterocycles. The maximum Gasteiger partial charge on any atom is 0.120 e. The summed E-state index contributed by atoms with van der Waals surface area (Å²) in [5.74, 6) is 0.373. The number of benzene rings is 2. The van der Waals surface area contributed by atoms with Gasteiger partial charge in [0.1, 0.15) is 5.75 Å². The Morgan fingerprint density at radius 2 is 1.91 bits per heavy atom. The Balaban J connectivity index is 1.76. The van der Waals surface area contributed by atoms with Gasteiger partial charge in [-0.25, -0.2) is 0 Å². The van der Waals surface area contributed by atoms with E-state index in [4.69, 9.17) is 0 Å². The minimum atomic E-state index is 0.222. The standard InChI is InChI=1S/C19H22N2O/c1-15(13-16-7-3-2-4-8-16)19-20-11-12-21(19)14-17-9-5-6-10-18(17)22/h2-10,13,19-20,22H,11-12,14H2,1H3. The van der Waals surface area contributed by atoms with Crippen molar-refractivity contribution >= 4 is 6.08 Å². The van der Waals surface area contributed by atoms with Crippen LogP contribution >= 0.6 is 0 Å². The largest absolute Gasteiger partial charge is 0.508 e. The summed E-state index contributed by atoms with van der Waals surface area (Å²) in [6.45, 7) is 4.87. The number of aromatic hydroxyl groups is 1. The molecule has 0 saturated carbocycles. The first kappa shape index (κ1) is 14.8. The molecule has 0 spiro atoms. The van der Waals surface area contributed by atoms with Gasteiger partial charge in [-0.15, -0.1) is 0 Å². The van der Waals surface area contributed by atoms with Gasteiger partial charge in [-0.2, -0.15) is 0 Å². The normalized spacial score (nSPS) is 19.5. The van der Waals surface area contributed by atoms with Crippen molar-refractivity contribution in [2.24, 2.45) is 0 Å². The fraction of sp³-hybridized carbons (Fsp3) is 0.263. The molecule has 0 aromatic heterocycles. The molecule has 3 nitrogen and oxygen atoms in total. The molecule has 1 heterocycles. The number of rotatable bonds is 4. The van der Waals surface area contributed by atoms with Crippen LogP contribution in [0.5, 0.6) is 5.75 Å². The minimum absolute atomic E-state index is 0.222. The average Bonchev–Trinajstić information content (AvgIpc) is 2.99. The Hall–Kier alpha value is -2.10. The molecule has 0 amide bonds. The minimum Gasteiger partial charge on any atom is -0.508 e. The molecule has 1 fully saturated rings. The van der Waals surface area contributed by atoms with Crippen molar-refractivity contribution in [2.75, 3.05) is 13.1 Å². The van der Waals surface area contributed by atoms with Gasteiger partial charge in [-0.1, -0.05) is 54.6 Å². The van der Waals surface area contributed by atoms with Crippen LogP contribution < -0.4 is 5.32 Å². The lowest BCUT2D eigenvalue weighted by Crippen LogP contribution is -2.36. The molecule has 1 saturated heterocycles. The highest BCUT2D eigenvalue weighted by atomic mass is 16.3. The highest BCUT2D eigenvalue weighted by Gasteiger charge is 2.25. The van der Waals surface area contributed by atoms with Gasteiger partial charge in [0, 0.05) is 25.2 Å². The first-order valence-electron chi connectivity index (χ1n) is 7.71. The Labute approximate surface area is 131 Å². The van der Waals surface area contributed by atoms with Crippen LogP contribution in [0.1, 0.15) is 18.1 Å². The number of phenols is 1. The van der Waals surface area contributed by atoms with Crippen molar-refractivity contribution < 1.29 is 5.11 Å². The fourth-order valence-corrected chi connectivity index (χ4v) is 2.98. The lowest BCUT2D eigenvalue weighted by molar-refractivity contribution is 0.259. The molecule has 2 aromatic carbocycles. The monoisotopic (exact) mass is 294 g/mol. The van der Waals surface area contributed by atoms with Crippen molar-refractivity contribution in [3.8, 4) is 5.75 Å². The van der Waals surface area contributed by atoms with E-state index < -0.39 is 0 Å². The van der Waals surface area contributed by atoms with E-state index in [0.29, 0.717) is 5.75 Å². The van der Waals surface area contributed by atoms with Crippen molar-refractivity contribution in [1.82, 2.24) is 10.2 Å². The zero-order valence-corrected chi connectivity index (χ0v) is 12.9. The van der Waals surface area contributed by atoms with Crippen LogP contribution in [0.3, 0.4) is 0 Å². The Morgan fingerprint density at radius 3 is 2.68 bits per heavy atom. The molecule has 1 aliphatic rings. The molecular weight excluding hydrogens is 272 g/mol. The SMILES string of the molecule is CC(=Cc1ccccc1)C1NCCN1Cc1ccccc1O. The first-order chi connectivity index (χ1) is 10.7. The molecule has 3 rings (SSSR count). The average molecular weight is 294 g/mol. The van der Waals surface area contributed by atoms with Crippen molar-refractivity contribution in [3.63, 3.8) is 0 Å². The van der Waals surface area contributed by atoms with E-state index in [0.717, 1.165) is 25.2 Å². The lowest BCUT2D eigenvalue weighted by Gasteiger charge is -2.25. The molecule has 3 heteroatoms. The van der Waals surface area contributed by atoms with E-state index in [1.54, 1.807) is 6.07 Å². The zero-order chi connectivity index (χ0) is 15.4. The number of hydrogen-bond donors (Lipinski definition) is 2. The number of nitrogens with zero attached hydrogens (tertiary/aromatic N) is 1. The van der Waals surface area contributed by atoms with E-state index in [2.05, 4.69) is 47.5 Å². The van der Waals surface area contributed by atoms with E-state index >= 15 is 0 Å². The van der Waals surface area contributed by atoms with Gasteiger partial charge in [0.15, 0.2) is 0 Å². The number of nitrogens with one attached hydrogen (secondary N) is 1. The van der Waals surface area contributed by atoms with Crippen LogP contribution in [-0.4, -0.2) is 29.3 Å². The molecule has 1 unspecified atom stereocenters. The summed E-state index contributed by atoms with van der Waals surface area (Å²) in [6.07, 6.45) is 2.45. The molecule has 2 aromatic rings. The zero-order valence-electron chi connectivity index (χ0n) is 12.9. The first-order valence-corrected chi connectivity index (χ1v) is 7.71. The topological polar surface area (TPSA) is 35.5 Å². The van der Waals surface area contributed by atoms with E-state index in [1.807, 2.05) is 24.3 Å². The maximum atomic E-state index is 9.97. The molecule has 1 atom stereocenters. The summed E-state index contributed by atoms with van der Waals surface area (Å²) in [6, 6.07) is 17.9. The third-order valence-corrected chi connectivity index (χ3v) is 4.09. The van der Waals surface area contributed by atoms with Crippen molar-refractivity contribution in [3.05, 3.63) is 71.3 Å². The van der Waals surface area contributed by atoms with Crippen molar-refractivity contribution in [1.29, 1.82) is 0 Å². The van der Waals surface area contributed by atoms with Gasteiger partial charge in [-0.3, -0.25) is 10.2 Å². The predicted octanol–water partition coefficient (Wildman–Crippen LogP) is 3.23. The summed E-state index contributed by atoms with van der Waals surface area (Å²) >= 11 is 0. The molecule has 0 bridgehead atoms.